The number of aromatic nitrogens is 2. The second-order valence-electron chi connectivity index (χ2n) is 6.74. The summed E-state index contributed by atoms with van der Waals surface area (Å²) >= 11 is 15.9. The van der Waals surface area contributed by atoms with E-state index in [-0.39, 0.29) is 5.38 Å². The van der Waals surface area contributed by atoms with E-state index in [0.717, 1.165) is 35.0 Å². The summed E-state index contributed by atoms with van der Waals surface area (Å²) in [5, 5.41) is 0.810. The monoisotopic (exact) mass is 446 g/mol. The molecule has 0 amide bonds. The number of fused-ring (bicyclic) bond motifs is 1. The number of benzene rings is 1. The van der Waals surface area contributed by atoms with Crippen molar-refractivity contribution in [3.05, 3.63) is 29.1 Å². The Labute approximate surface area is 170 Å². The van der Waals surface area contributed by atoms with Crippen LogP contribution in [0.25, 0.3) is 11.0 Å². The van der Waals surface area contributed by atoms with Gasteiger partial charge in [0.1, 0.15) is 5.82 Å². The number of imidazole rings is 1. The molecule has 1 atom stereocenters. The van der Waals surface area contributed by atoms with E-state index < -0.39 is 0 Å². The predicted molar refractivity (Wildman–Crippen MR) is 114 cm³/mol. The van der Waals surface area contributed by atoms with Crippen molar-refractivity contribution in [1.29, 1.82) is 0 Å². The van der Waals surface area contributed by atoms with Crippen molar-refractivity contribution in [3.63, 3.8) is 0 Å². The summed E-state index contributed by atoms with van der Waals surface area (Å²) in [6.45, 7) is 2.26. The van der Waals surface area contributed by atoms with Crippen LogP contribution in [0.3, 0.4) is 0 Å². The molecule has 25 heavy (non-hydrogen) atoms. The van der Waals surface area contributed by atoms with E-state index in [1.807, 2.05) is 0 Å². The number of alkyl halides is 3. The molecule has 2 nitrogen and oxygen atoms in total. The third-order valence-corrected chi connectivity index (χ3v) is 6.40. The molecule has 0 radical (unpaired) electrons. The molecule has 0 spiro atoms. The summed E-state index contributed by atoms with van der Waals surface area (Å²) in [4.78, 5) is 8.15. The lowest BCUT2D eigenvalue weighted by Crippen LogP contribution is -2.05. The molecule has 0 aliphatic rings. The highest BCUT2D eigenvalue weighted by molar-refractivity contribution is 9.09. The van der Waals surface area contributed by atoms with Crippen LogP contribution in [0.5, 0.6) is 0 Å². The topological polar surface area (TPSA) is 28.7 Å². The molecule has 2 rings (SSSR count). The van der Waals surface area contributed by atoms with Gasteiger partial charge in [0.2, 0.25) is 0 Å². The minimum absolute atomic E-state index is 0.0483. The Balaban J connectivity index is 1.97. The second kappa shape index (κ2) is 11.5. The highest BCUT2D eigenvalue weighted by Crippen LogP contribution is 2.25. The number of halogens is 3. The fraction of sp³-hybridized carbons (Fsp3) is 0.650. The molecule has 1 unspecified atom stereocenters. The minimum atomic E-state index is 0.0483. The number of hydrogen-bond acceptors (Lipinski definition) is 1. The molecule has 1 aromatic carbocycles. The van der Waals surface area contributed by atoms with Gasteiger partial charge in [0, 0.05) is 17.6 Å². The van der Waals surface area contributed by atoms with Crippen molar-refractivity contribution in [2.45, 2.75) is 76.0 Å². The maximum Gasteiger partial charge on any atom is 0.108 e. The average Bonchev–Trinajstić information content (AvgIpc) is 3.02. The van der Waals surface area contributed by atoms with E-state index in [4.69, 9.17) is 28.2 Å². The third kappa shape index (κ3) is 6.45. The lowest BCUT2D eigenvalue weighted by Gasteiger charge is -2.08. The lowest BCUT2D eigenvalue weighted by molar-refractivity contribution is 0.589. The molecule has 0 fully saturated rings. The van der Waals surface area contributed by atoms with Crippen molar-refractivity contribution in [2.75, 3.05) is 5.33 Å². The zero-order chi connectivity index (χ0) is 18.1. The van der Waals surface area contributed by atoms with Crippen LogP contribution in [-0.4, -0.2) is 20.7 Å². The van der Waals surface area contributed by atoms with Crippen LogP contribution in [0, 0.1) is 0 Å². The molecule has 0 bridgehead atoms. The van der Waals surface area contributed by atoms with Crippen LogP contribution < -0.4 is 0 Å². The maximum atomic E-state index is 6.26. The summed E-state index contributed by atoms with van der Waals surface area (Å²) < 4.78 is 0. The molecule has 0 aliphatic carbocycles. The first-order valence-electron chi connectivity index (χ1n) is 9.44. The fourth-order valence-corrected chi connectivity index (χ4v) is 3.92. The standard InChI is InChI=1S/C20H29BrCl2N2/c1-2-3-4-5-6-7-8-9-15-10-11-18-20(17(15)14-22)25-19(24-18)12-16(23)13-21/h10-11,16H,2-9,12-14H2,1H3,(H,24,25). The van der Waals surface area contributed by atoms with Gasteiger partial charge in [0.05, 0.1) is 16.4 Å². The van der Waals surface area contributed by atoms with Crippen LogP contribution in [0.2, 0.25) is 0 Å². The van der Waals surface area contributed by atoms with E-state index in [0.29, 0.717) is 5.88 Å². The number of H-pyrrole nitrogens is 1. The maximum absolute atomic E-state index is 6.26. The van der Waals surface area contributed by atoms with Crippen molar-refractivity contribution in [2.24, 2.45) is 0 Å². The Hall–Kier alpha value is -0.250. The smallest absolute Gasteiger partial charge is 0.108 e. The number of unbranched alkanes of at least 4 members (excludes halogenated alkanes) is 6. The molecule has 140 valence electrons. The molecule has 0 aliphatic heterocycles. The zero-order valence-corrected chi connectivity index (χ0v) is 18.2. The Morgan fingerprint density at radius 3 is 2.52 bits per heavy atom. The predicted octanol–water partition coefficient (Wildman–Crippen LogP) is 7.14. The Morgan fingerprint density at radius 1 is 1.12 bits per heavy atom. The van der Waals surface area contributed by atoms with E-state index in [2.05, 4.69) is 40.0 Å². The van der Waals surface area contributed by atoms with Gasteiger partial charge in [-0.15, -0.1) is 23.2 Å². The summed E-state index contributed by atoms with van der Waals surface area (Å²) in [5.74, 6) is 1.45. The molecule has 1 aromatic heterocycles. The third-order valence-electron chi connectivity index (χ3n) is 4.67. The molecular formula is C20H29BrCl2N2. The first-order chi connectivity index (χ1) is 12.2. The van der Waals surface area contributed by atoms with Gasteiger partial charge in [0.15, 0.2) is 0 Å². The Morgan fingerprint density at radius 2 is 1.84 bits per heavy atom. The number of nitrogens with one attached hydrogen (secondary N) is 1. The normalized spacial score (nSPS) is 12.8. The number of aryl methyl sites for hydroxylation is 1. The summed E-state index contributed by atoms with van der Waals surface area (Å²) in [5.41, 5.74) is 4.60. The van der Waals surface area contributed by atoms with Crippen molar-refractivity contribution in [1.82, 2.24) is 9.97 Å². The minimum Gasteiger partial charge on any atom is -0.342 e. The molecule has 5 heteroatoms. The Bertz CT molecular complexity index is 642. The molecule has 2 aromatic rings. The fourth-order valence-electron chi connectivity index (χ4n) is 3.24. The molecular weight excluding hydrogens is 419 g/mol. The van der Waals surface area contributed by atoms with Gasteiger partial charge >= 0.3 is 0 Å². The van der Waals surface area contributed by atoms with Gasteiger partial charge in [0.25, 0.3) is 0 Å². The van der Waals surface area contributed by atoms with E-state index in [1.165, 1.54) is 56.1 Å². The van der Waals surface area contributed by atoms with E-state index in [9.17, 15) is 0 Å². The number of nitrogens with zero attached hydrogens (tertiary/aromatic N) is 1. The van der Waals surface area contributed by atoms with Crippen LogP contribution in [0.4, 0.5) is 0 Å². The van der Waals surface area contributed by atoms with Crippen molar-refractivity contribution >= 4 is 50.2 Å². The van der Waals surface area contributed by atoms with Gasteiger partial charge in [-0.2, -0.15) is 0 Å². The average molecular weight is 448 g/mol. The first-order valence-corrected chi connectivity index (χ1v) is 11.5. The van der Waals surface area contributed by atoms with Crippen LogP contribution in [0.1, 0.15) is 68.8 Å². The highest BCUT2D eigenvalue weighted by atomic mass is 79.9. The number of aromatic amines is 1. The van der Waals surface area contributed by atoms with Gasteiger partial charge in [-0.05, 0) is 30.0 Å². The van der Waals surface area contributed by atoms with E-state index >= 15 is 0 Å². The number of rotatable bonds is 12. The first kappa shape index (κ1) is 21.1. The van der Waals surface area contributed by atoms with Crippen LogP contribution >= 0.6 is 39.1 Å². The molecule has 1 heterocycles. The molecule has 0 saturated heterocycles. The van der Waals surface area contributed by atoms with E-state index in [1.54, 1.807) is 0 Å². The van der Waals surface area contributed by atoms with Gasteiger partial charge < -0.3 is 4.98 Å². The lowest BCUT2D eigenvalue weighted by atomic mass is 10.00. The zero-order valence-electron chi connectivity index (χ0n) is 15.1. The van der Waals surface area contributed by atoms with Gasteiger partial charge in [-0.25, -0.2) is 4.98 Å². The SMILES string of the molecule is CCCCCCCCCc1ccc2[nH]c(CC(Cl)CBr)nc2c1CCl. The summed E-state index contributed by atoms with van der Waals surface area (Å²) in [6.07, 6.45) is 11.1. The van der Waals surface area contributed by atoms with Gasteiger partial charge in [-0.1, -0.05) is 67.4 Å². The highest BCUT2D eigenvalue weighted by Gasteiger charge is 2.13. The summed E-state index contributed by atoms with van der Waals surface area (Å²) in [7, 11) is 0. The van der Waals surface area contributed by atoms with Gasteiger partial charge in [-0.3, -0.25) is 0 Å². The van der Waals surface area contributed by atoms with Crippen LogP contribution in [-0.2, 0) is 18.7 Å². The quantitative estimate of drug-likeness (QED) is 0.271. The largest absolute Gasteiger partial charge is 0.342 e. The van der Waals surface area contributed by atoms with Crippen LogP contribution in [0.15, 0.2) is 12.1 Å². The number of hydrogen-bond donors (Lipinski definition) is 1. The second-order valence-corrected chi connectivity index (χ2v) is 8.28. The Kier molecular flexibility index (Phi) is 9.65. The van der Waals surface area contributed by atoms with Crippen molar-refractivity contribution < 1.29 is 0 Å². The van der Waals surface area contributed by atoms with Crippen molar-refractivity contribution in [3.8, 4) is 0 Å². The molecule has 0 saturated carbocycles. The molecule has 1 N–H and O–H groups in total. The summed E-state index contributed by atoms with van der Waals surface area (Å²) in [6, 6.07) is 4.34.